The van der Waals surface area contributed by atoms with Gasteiger partial charge in [0.1, 0.15) is 0 Å². The molecule has 1 N–H and O–H groups in total. The molecule has 0 heterocycles. The molecule has 3 nitrogen and oxygen atoms in total. The number of hydrogen-bond acceptors (Lipinski definition) is 2. The van der Waals surface area contributed by atoms with Crippen molar-refractivity contribution in [2.45, 2.75) is 6.92 Å². The van der Waals surface area contributed by atoms with Crippen LogP contribution in [0.5, 0.6) is 0 Å². The number of hydrogen-bond donors (Lipinski definition) is 1. The van der Waals surface area contributed by atoms with Crippen molar-refractivity contribution in [3.05, 3.63) is 0 Å². The molecule has 0 atom stereocenters. The zero-order valence-electron chi connectivity index (χ0n) is 3.67. The van der Waals surface area contributed by atoms with Crippen molar-refractivity contribution in [3.63, 3.8) is 0 Å². The van der Waals surface area contributed by atoms with Crippen molar-refractivity contribution in [1.29, 1.82) is 0 Å². The fraction of sp³-hybridized carbons (Fsp3) is 0.333. The van der Waals surface area contributed by atoms with E-state index < -0.39 is 10.1 Å². The van der Waals surface area contributed by atoms with Crippen LogP contribution < -0.4 is 0 Å². The van der Waals surface area contributed by atoms with Crippen LogP contribution >= 0.6 is 0 Å². The van der Waals surface area contributed by atoms with E-state index in [0.717, 1.165) is 0 Å². The summed E-state index contributed by atoms with van der Waals surface area (Å²) in [6, 6.07) is 0. The summed E-state index contributed by atoms with van der Waals surface area (Å²) in [4.78, 5) is 0. The van der Waals surface area contributed by atoms with Crippen molar-refractivity contribution < 1.29 is 13.0 Å². The fourth-order valence-corrected chi connectivity index (χ4v) is 0.387. The molecule has 0 aliphatic rings. The summed E-state index contributed by atoms with van der Waals surface area (Å²) in [6.07, 6.45) is 0. The van der Waals surface area contributed by atoms with Gasteiger partial charge in [-0.15, -0.1) is 0 Å². The molecule has 0 radical (unpaired) electrons. The van der Waals surface area contributed by atoms with Crippen LogP contribution in [0.4, 0.5) is 0 Å². The minimum atomic E-state index is -4.04. The molecule has 5 heteroatoms. The predicted octanol–water partition coefficient (Wildman–Crippen LogP) is -0.794. The van der Waals surface area contributed by atoms with Crippen LogP contribution in [0, 0.1) is 11.2 Å². The van der Waals surface area contributed by atoms with E-state index in [4.69, 9.17) is 4.55 Å². The van der Waals surface area contributed by atoms with Crippen LogP contribution in [0.3, 0.4) is 0 Å². The van der Waals surface area contributed by atoms with Gasteiger partial charge in [0, 0.05) is 0 Å². The summed E-state index contributed by atoms with van der Waals surface area (Å²) in [7, 11) is -4.04. The molecular weight excluding hydrogens is 155 g/mol. The Bertz CT molecular complexity index is 194. The van der Waals surface area contributed by atoms with Crippen molar-refractivity contribution in [3.8, 4) is 11.2 Å². The van der Waals surface area contributed by atoms with E-state index in [1.165, 1.54) is 6.92 Å². The molecule has 0 spiro atoms. The molecule has 42 valence electrons. The van der Waals surface area contributed by atoms with E-state index in [0.29, 0.717) is 0 Å². The van der Waals surface area contributed by atoms with E-state index >= 15 is 0 Å². The van der Waals surface area contributed by atoms with Gasteiger partial charge in [0.15, 0.2) is 0 Å². The summed E-state index contributed by atoms with van der Waals surface area (Å²) < 4.78 is 27.0. The minimum absolute atomic E-state index is 0. The Kier molecular flexibility index (Phi) is 7.31. The molecule has 0 unspecified atom stereocenters. The van der Waals surface area contributed by atoms with Crippen molar-refractivity contribution >= 4 is 61.5 Å². The predicted molar refractivity (Wildman–Crippen MR) is 32.1 cm³/mol. The Labute approximate surface area is 91.0 Å². The van der Waals surface area contributed by atoms with Crippen LogP contribution in [-0.2, 0) is 10.1 Å². The second-order valence-corrected chi connectivity index (χ2v) is 1.98. The van der Waals surface area contributed by atoms with E-state index in [9.17, 15) is 8.42 Å². The third-order valence-corrected chi connectivity index (χ3v) is 0.693. The Balaban J connectivity index is 0. The zero-order valence-corrected chi connectivity index (χ0v) is 4.49. The molecule has 0 aromatic carbocycles. The molecule has 0 aliphatic carbocycles. The van der Waals surface area contributed by atoms with Gasteiger partial charge in [-0.2, -0.15) is 8.42 Å². The molecular formula is C3H5KO3S. The van der Waals surface area contributed by atoms with Gasteiger partial charge in [0.05, 0.1) is 5.25 Å². The first-order chi connectivity index (χ1) is 3.06. The van der Waals surface area contributed by atoms with E-state index in [1.54, 1.807) is 5.25 Å². The van der Waals surface area contributed by atoms with Gasteiger partial charge in [-0.05, 0) is 6.92 Å². The van der Waals surface area contributed by atoms with Crippen molar-refractivity contribution in [1.82, 2.24) is 0 Å². The van der Waals surface area contributed by atoms with Gasteiger partial charge in [-0.3, -0.25) is 4.55 Å². The molecule has 0 bridgehead atoms. The average molecular weight is 160 g/mol. The monoisotopic (exact) mass is 160 g/mol. The van der Waals surface area contributed by atoms with Crippen LogP contribution in [0.25, 0.3) is 0 Å². The van der Waals surface area contributed by atoms with Crippen molar-refractivity contribution in [2.24, 2.45) is 0 Å². The third-order valence-electron chi connectivity index (χ3n) is 0.231. The molecule has 0 aromatic rings. The second-order valence-electron chi connectivity index (χ2n) is 0.827. The molecule has 0 rings (SSSR count). The number of rotatable bonds is 0. The first-order valence-corrected chi connectivity index (χ1v) is 2.91. The van der Waals surface area contributed by atoms with Gasteiger partial charge >= 0.3 is 61.5 Å². The maximum absolute atomic E-state index is 9.61. The first-order valence-electron chi connectivity index (χ1n) is 1.47. The van der Waals surface area contributed by atoms with Gasteiger partial charge < -0.3 is 0 Å². The van der Waals surface area contributed by atoms with Gasteiger partial charge in [-0.25, -0.2) is 0 Å². The Morgan fingerprint density at radius 2 is 1.88 bits per heavy atom. The van der Waals surface area contributed by atoms with Crippen LogP contribution in [-0.4, -0.2) is 64.4 Å². The molecule has 8 heavy (non-hydrogen) atoms. The van der Waals surface area contributed by atoms with Gasteiger partial charge in [0.2, 0.25) is 0 Å². The quantitative estimate of drug-likeness (QED) is 0.287. The van der Waals surface area contributed by atoms with E-state index in [2.05, 4.69) is 0 Å². The summed E-state index contributed by atoms with van der Waals surface area (Å²) in [6.45, 7) is 1.33. The Morgan fingerprint density at radius 1 is 1.50 bits per heavy atom. The molecule has 0 aromatic heterocycles. The fourth-order valence-electron chi connectivity index (χ4n) is 0.129. The molecule has 0 saturated heterocycles. The van der Waals surface area contributed by atoms with Gasteiger partial charge in [-0.1, -0.05) is 5.92 Å². The summed E-state index contributed by atoms with van der Waals surface area (Å²) in [5.74, 6) is 2.02. The van der Waals surface area contributed by atoms with Crippen LogP contribution in [0.1, 0.15) is 6.92 Å². The standard InChI is InChI=1S/C3H4O3S.K.H/c1-2-3-7(4,5)6;;/h1H3,(H,4,5,6);;. The zero-order chi connectivity index (χ0) is 5.91. The maximum atomic E-state index is 9.61. The Morgan fingerprint density at radius 3 is 1.88 bits per heavy atom. The average Bonchev–Trinajstić information content (AvgIpc) is 1.30. The molecule has 0 saturated carbocycles. The van der Waals surface area contributed by atoms with E-state index in [-0.39, 0.29) is 51.4 Å². The third kappa shape index (κ3) is 10.2. The second kappa shape index (κ2) is 4.94. The molecule has 0 fully saturated rings. The Hall–Kier alpha value is 1.11. The molecule has 0 aliphatic heterocycles. The topological polar surface area (TPSA) is 54.4 Å². The normalized spacial score (nSPS) is 8.25. The molecule has 0 amide bonds. The van der Waals surface area contributed by atoms with E-state index in [1.807, 2.05) is 5.92 Å². The summed E-state index contributed by atoms with van der Waals surface area (Å²) >= 11 is 0. The van der Waals surface area contributed by atoms with Gasteiger partial charge in [0.25, 0.3) is 0 Å². The van der Waals surface area contributed by atoms with Crippen LogP contribution in [0.15, 0.2) is 0 Å². The summed E-state index contributed by atoms with van der Waals surface area (Å²) in [5.41, 5.74) is 0. The SMILES string of the molecule is CC#CS(=O)(=O)O.[KH]. The van der Waals surface area contributed by atoms with Crippen LogP contribution in [0.2, 0.25) is 0 Å². The first kappa shape index (κ1) is 11.8. The van der Waals surface area contributed by atoms with Crippen molar-refractivity contribution in [2.75, 3.05) is 0 Å². The summed E-state index contributed by atoms with van der Waals surface area (Å²) in [5, 5.41) is 1.56.